The van der Waals surface area contributed by atoms with Gasteiger partial charge in [-0.25, -0.2) is 4.79 Å². The van der Waals surface area contributed by atoms with Crippen molar-refractivity contribution in [3.63, 3.8) is 0 Å². The van der Waals surface area contributed by atoms with Gasteiger partial charge in [0.2, 0.25) is 5.91 Å². The first kappa shape index (κ1) is 15.8. The zero-order valence-electron chi connectivity index (χ0n) is 10.2. The molecule has 5 nitrogen and oxygen atoms in total. The third-order valence-corrected chi connectivity index (χ3v) is 2.81. The van der Waals surface area contributed by atoms with Crippen LogP contribution in [0, 0.1) is 0 Å². The number of benzene rings is 1. The molecule has 1 aromatic rings. The number of anilines is 1. The van der Waals surface area contributed by atoms with Gasteiger partial charge in [0, 0.05) is 5.02 Å². The van der Waals surface area contributed by atoms with Gasteiger partial charge < -0.3 is 15.2 Å². The van der Waals surface area contributed by atoms with Gasteiger partial charge in [0.1, 0.15) is 0 Å². The molecule has 0 radical (unpaired) electrons. The lowest BCUT2D eigenvalue weighted by Gasteiger charge is -2.09. The molecule has 0 spiro atoms. The molecule has 0 fully saturated rings. The molecule has 1 unspecified atom stereocenters. The van der Waals surface area contributed by atoms with Crippen molar-refractivity contribution < 1.29 is 19.4 Å². The highest BCUT2D eigenvalue weighted by molar-refractivity contribution is 6.35. The second-order valence-electron chi connectivity index (χ2n) is 3.77. The molecule has 2 N–H and O–H groups in total. The van der Waals surface area contributed by atoms with Crippen LogP contribution in [-0.4, -0.2) is 29.7 Å². The van der Waals surface area contributed by atoms with Crippen molar-refractivity contribution in [3.8, 4) is 0 Å². The predicted octanol–water partition coefficient (Wildman–Crippen LogP) is 2.81. The Labute approximate surface area is 120 Å². The van der Waals surface area contributed by atoms with Gasteiger partial charge in [-0.1, -0.05) is 23.2 Å². The van der Waals surface area contributed by atoms with Crippen LogP contribution < -0.4 is 5.32 Å². The minimum Gasteiger partial charge on any atom is -0.479 e. The number of hydrogen-bond acceptors (Lipinski definition) is 3. The van der Waals surface area contributed by atoms with E-state index in [1.165, 1.54) is 13.0 Å². The normalized spacial score (nSPS) is 11.9. The second-order valence-corrected chi connectivity index (χ2v) is 4.62. The molecule has 1 rings (SSSR count). The van der Waals surface area contributed by atoms with Gasteiger partial charge in [-0.2, -0.15) is 0 Å². The first-order valence-corrected chi connectivity index (χ1v) is 6.25. The van der Waals surface area contributed by atoms with Gasteiger partial charge in [-0.05, 0) is 25.1 Å². The zero-order chi connectivity index (χ0) is 14.4. The Bertz CT molecular complexity index is 479. The highest BCUT2D eigenvalue weighted by Gasteiger charge is 2.12. The lowest BCUT2D eigenvalue weighted by molar-refractivity contribution is -0.149. The standard InChI is InChI=1S/C12H13Cl2NO4/c1-7(12(17)18)19-5-4-11(16)15-10-6-8(13)2-3-9(10)14/h2-3,6-7H,4-5H2,1H3,(H,15,16)(H,17,18). The van der Waals surface area contributed by atoms with Crippen molar-refractivity contribution in [2.24, 2.45) is 0 Å². The molecular formula is C12H13Cl2NO4. The van der Waals surface area contributed by atoms with Crippen LogP contribution in [0.2, 0.25) is 10.0 Å². The number of rotatable bonds is 6. The number of nitrogens with one attached hydrogen (secondary N) is 1. The fraction of sp³-hybridized carbons (Fsp3) is 0.333. The van der Waals surface area contributed by atoms with Gasteiger partial charge >= 0.3 is 5.97 Å². The summed E-state index contributed by atoms with van der Waals surface area (Å²) in [7, 11) is 0. The Morgan fingerprint density at radius 2 is 2.11 bits per heavy atom. The van der Waals surface area contributed by atoms with Gasteiger partial charge in [0.25, 0.3) is 0 Å². The summed E-state index contributed by atoms with van der Waals surface area (Å²) in [6.45, 7) is 1.41. The van der Waals surface area contributed by atoms with E-state index in [2.05, 4.69) is 5.32 Å². The fourth-order valence-corrected chi connectivity index (χ4v) is 1.54. The highest BCUT2D eigenvalue weighted by atomic mass is 35.5. The number of ether oxygens (including phenoxy) is 1. The van der Waals surface area contributed by atoms with E-state index < -0.39 is 12.1 Å². The number of amides is 1. The topological polar surface area (TPSA) is 75.6 Å². The SMILES string of the molecule is CC(OCCC(=O)Nc1cc(Cl)ccc1Cl)C(=O)O. The van der Waals surface area contributed by atoms with E-state index >= 15 is 0 Å². The van der Waals surface area contributed by atoms with Gasteiger partial charge in [-0.3, -0.25) is 4.79 Å². The van der Waals surface area contributed by atoms with E-state index in [0.717, 1.165) is 0 Å². The molecule has 0 aliphatic rings. The van der Waals surface area contributed by atoms with Crippen LogP contribution in [0.3, 0.4) is 0 Å². The molecule has 7 heteroatoms. The Balaban J connectivity index is 2.43. The number of carbonyl (C=O) groups is 2. The van der Waals surface area contributed by atoms with E-state index in [9.17, 15) is 9.59 Å². The maximum absolute atomic E-state index is 11.6. The van der Waals surface area contributed by atoms with Crippen molar-refractivity contribution >= 4 is 40.8 Å². The molecule has 1 amide bonds. The number of carboxylic acid groups (broad SMARTS) is 1. The molecule has 104 valence electrons. The lowest BCUT2D eigenvalue weighted by atomic mass is 10.3. The summed E-state index contributed by atoms with van der Waals surface area (Å²) in [6.07, 6.45) is -0.914. The third kappa shape index (κ3) is 5.46. The molecule has 0 saturated heterocycles. The number of halogens is 2. The number of hydrogen-bond donors (Lipinski definition) is 2. The largest absolute Gasteiger partial charge is 0.479 e. The lowest BCUT2D eigenvalue weighted by Crippen LogP contribution is -2.22. The van der Waals surface area contributed by atoms with Crippen LogP contribution in [0.1, 0.15) is 13.3 Å². The van der Waals surface area contributed by atoms with Crippen LogP contribution in [0.15, 0.2) is 18.2 Å². The Kier molecular flexibility index (Phi) is 6.08. The molecule has 0 aliphatic carbocycles. The molecule has 19 heavy (non-hydrogen) atoms. The molecule has 0 heterocycles. The summed E-state index contributed by atoms with van der Waals surface area (Å²) in [5, 5.41) is 12.0. The van der Waals surface area contributed by atoms with Crippen LogP contribution in [0.4, 0.5) is 5.69 Å². The van der Waals surface area contributed by atoms with Gasteiger partial charge in [0.05, 0.1) is 23.7 Å². The number of carboxylic acids is 1. The van der Waals surface area contributed by atoms with Crippen molar-refractivity contribution in [2.75, 3.05) is 11.9 Å². The Hall–Kier alpha value is -1.30. The smallest absolute Gasteiger partial charge is 0.332 e. The molecule has 0 bridgehead atoms. The average Bonchev–Trinajstić information content (AvgIpc) is 2.33. The summed E-state index contributed by atoms with van der Waals surface area (Å²) in [5.74, 6) is -1.40. The summed E-state index contributed by atoms with van der Waals surface area (Å²) >= 11 is 11.7. The second kappa shape index (κ2) is 7.33. The number of aliphatic carboxylic acids is 1. The van der Waals surface area contributed by atoms with E-state index in [-0.39, 0.29) is 18.9 Å². The third-order valence-electron chi connectivity index (χ3n) is 2.25. The average molecular weight is 306 g/mol. The van der Waals surface area contributed by atoms with E-state index in [4.69, 9.17) is 33.0 Å². The minimum atomic E-state index is -1.07. The summed E-state index contributed by atoms with van der Waals surface area (Å²) < 4.78 is 4.95. The fourth-order valence-electron chi connectivity index (χ4n) is 1.21. The monoisotopic (exact) mass is 305 g/mol. The first-order valence-electron chi connectivity index (χ1n) is 5.49. The van der Waals surface area contributed by atoms with E-state index in [0.29, 0.717) is 15.7 Å². The van der Waals surface area contributed by atoms with Crippen molar-refractivity contribution in [1.82, 2.24) is 0 Å². The molecular weight excluding hydrogens is 293 g/mol. The summed E-state index contributed by atoms with van der Waals surface area (Å²) in [4.78, 5) is 22.1. The van der Waals surface area contributed by atoms with E-state index in [1.807, 2.05) is 0 Å². The molecule has 0 saturated carbocycles. The molecule has 0 aromatic heterocycles. The van der Waals surface area contributed by atoms with Crippen LogP contribution in [0.5, 0.6) is 0 Å². The van der Waals surface area contributed by atoms with Crippen molar-refractivity contribution in [3.05, 3.63) is 28.2 Å². The summed E-state index contributed by atoms with van der Waals surface area (Å²) in [6, 6.07) is 4.71. The number of carbonyl (C=O) groups excluding carboxylic acids is 1. The van der Waals surface area contributed by atoms with Crippen LogP contribution in [0.25, 0.3) is 0 Å². The van der Waals surface area contributed by atoms with E-state index in [1.54, 1.807) is 12.1 Å². The minimum absolute atomic E-state index is 0.0114. The Morgan fingerprint density at radius 1 is 1.42 bits per heavy atom. The predicted molar refractivity (Wildman–Crippen MR) is 72.8 cm³/mol. The molecule has 1 aromatic carbocycles. The van der Waals surface area contributed by atoms with Crippen LogP contribution in [-0.2, 0) is 14.3 Å². The maximum Gasteiger partial charge on any atom is 0.332 e. The first-order chi connectivity index (χ1) is 8.90. The van der Waals surface area contributed by atoms with Gasteiger partial charge in [0.15, 0.2) is 6.10 Å². The Morgan fingerprint density at radius 3 is 2.74 bits per heavy atom. The van der Waals surface area contributed by atoms with Crippen molar-refractivity contribution in [2.45, 2.75) is 19.4 Å². The van der Waals surface area contributed by atoms with Crippen molar-refractivity contribution in [1.29, 1.82) is 0 Å². The quantitative estimate of drug-likeness (QED) is 0.847. The maximum atomic E-state index is 11.6. The highest BCUT2D eigenvalue weighted by Crippen LogP contribution is 2.25. The molecule has 0 aliphatic heterocycles. The zero-order valence-corrected chi connectivity index (χ0v) is 11.7. The molecule has 1 atom stereocenters. The van der Waals surface area contributed by atoms with Crippen LogP contribution >= 0.6 is 23.2 Å². The van der Waals surface area contributed by atoms with Gasteiger partial charge in [-0.15, -0.1) is 0 Å². The summed E-state index contributed by atoms with van der Waals surface area (Å²) in [5.41, 5.74) is 0.408.